The summed E-state index contributed by atoms with van der Waals surface area (Å²) in [5, 5.41) is 9.94. The minimum atomic E-state index is -0.442. The summed E-state index contributed by atoms with van der Waals surface area (Å²) in [6.45, 7) is 4.59. The highest BCUT2D eigenvalue weighted by Crippen LogP contribution is 2.21. The standard InChI is InChI=1S/C16H24FNO2/c1-2-20-12-16(19)11-18-8-4-7-15(18)10-13-5-3-6-14(17)9-13/h3,5-6,9,15-16,19H,2,4,7-8,10-12H2,1H3. The molecule has 20 heavy (non-hydrogen) atoms. The van der Waals surface area contributed by atoms with Gasteiger partial charge in [-0.3, -0.25) is 4.90 Å². The molecular formula is C16H24FNO2. The lowest BCUT2D eigenvalue weighted by Gasteiger charge is -2.26. The Hall–Kier alpha value is -0.970. The molecule has 0 amide bonds. The summed E-state index contributed by atoms with van der Waals surface area (Å²) >= 11 is 0. The fourth-order valence-electron chi connectivity index (χ4n) is 2.88. The summed E-state index contributed by atoms with van der Waals surface area (Å²) in [6.07, 6.45) is 2.65. The highest BCUT2D eigenvalue weighted by Gasteiger charge is 2.26. The number of aliphatic hydroxyl groups excluding tert-OH is 1. The van der Waals surface area contributed by atoms with Crippen molar-refractivity contribution in [2.45, 2.75) is 38.3 Å². The van der Waals surface area contributed by atoms with Gasteiger partial charge in [0.25, 0.3) is 0 Å². The maximum Gasteiger partial charge on any atom is 0.123 e. The molecule has 0 aromatic heterocycles. The molecule has 0 saturated carbocycles. The zero-order valence-corrected chi connectivity index (χ0v) is 12.1. The van der Waals surface area contributed by atoms with Crippen molar-refractivity contribution < 1.29 is 14.2 Å². The SMILES string of the molecule is CCOCC(O)CN1CCCC1Cc1cccc(F)c1. The number of benzene rings is 1. The fourth-order valence-corrected chi connectivity index (χ4v) is 2.88. The first-order valence-corrected chi connectivity index (χ1v) is 7.43. The Labute approximate surface area is 120 Å². The Balaban J connectivity index is 1.87. The smallest absolute Gasteiger partial charge is 0.123 e. The summed E-state index contributed by atoms with van der Waals surface area (Å²) < 4.78 is 18.5. The van der Waals surface area contributed by atoms with Gasteiger partial charge in [0.05, 0.1) is 12.7 Å². The largest absolute Gasteiger partial charge is 0.389 e. The number of aliphatic hydroxyl groups is 1. The number of β-amino-alcohol motifs (C(OH)–C–C–N with tert-alkyl or cyclic N) is 1. The van der Waals surface area contributed by atoms with Crippen molar-refractivity contribution in [3.63, 3.8) is 0 Å². The van der Waals surface area contributed by atoms with E-state index in [-0.39, 0.29) is 5.82 Å². The summed E-state index contributed by atoms with van der Waals surface area (Å²) in [5.74, 6) is -0.177. The second-order valence-electron chi connectivity index (χ2n) is 5.44. The quantitative estimate of drug-likeness (QED) is 0.832. The number of nitrogens with zero attached hydrogens (tertiary/aromatic N) is 1. The van der Waals surface area contributed by atoms with Gasteiger partial charge in [-0.2, -0.15) is 0 Å². The van der Waals surface area contributed by atoms with Crippen molar-refractivity contribution in [1.29, 1.82) is 0 Å². The first-order valence-electron chi connectivity index (χ1n) is 7.43. The molecule has 1 aromatic carbocycles. The minimum absolute atomic E-state index is 0.177. The maximum atomic E-state index is 13.2. The predicted molar refractivity (Wildman–Crippen MR) is 77.2 cm³/mol. The van der Waals surface area contributed by atoms with Gasteiger partial charge in [-0.15, -0.1) is 0 Å². The molecule has 1 fully saturated rings. The molecule has 1 heterocycles. The van der Waals surface area contributed by atoms with Gasteiger partial charge < -0.3 is 9.84 Å². The van der Waals surface area contributed by atoms with Crippen molar-refractivity contribution in [3.8, 4) is 0 Å². The van der Waals surface area contributed by atoms with E-state index in [4.69, 9.17) is 4.74 Å². The van der Waals surface area contributed by atoms with E-state index in [9.17, 15) is 9.50 Å². The third-order valence-corrected chi connectivity index (χ3v) is 3.82. The van der Waals surface area contributed by atoms with Gasteiger partial charge >= 0.3 is 0 Å². The van der Waals surface area contributed by atoms with E-state index in [1.165, 1.54) is 6.07 Å². The summed E-state index contributed by atoms with van der Waals surface area (Å²) in [4.78, 5) is 2.30. The molecule has 1 aromatic rings. The maximum absolute atomic E-state index is 13.2. The highest BCUT2D eigenvalue weighted by molar-refractivity contribution is 5.17. The number of hydrogen-bond acceptors (Lipinski definition) is 3. The van der Waals surface area contributed by atoms with Gasteiger partial charge in [-0.05, 0) is 50.4 Å². The van der Waals surface area contributed by atoms with Crippen molar-refractivity contribution >= 4 is 0 Å². The van der Waals surface area contributed by atoms with Crippen LogP contribution in [0.2, 0.25) is 0 Å². The predicted octanol–water partition coefficient (Wildman–Crippen LogP) is 2.23. The lowest BCUT2D eigenvalue weighted by Crippen LogP contribution is -2.39. The van der Waals surface area contributed by atoms with E-state index in [1.54, 1.807) is 12.1 Å². The van der Waals surface area contributed by atoms with E-state index < -0.39 is 6.10 Å². The molecule has 2 rings (SSSR count). The minimum Gasteiger partial charge on any atom is -0.389 e. The van der Waals surface area contributed by atoms with Crippen LogP contribution in [0.1, 0.15) is 25.3 Å². The van der Waals surface area contributed by atoms with Crippen molar-refractivity contribution in [2.75, 3.05) is 26.3 Å². The van der Waals surface area contributed by atoms with E-state index in [1.807, 2.05) is 13.0 Å². The zero-order valence-electron chi connectivity index (χ0n) is 12.1. The van der Waals surface area contributed by atoms with Crippen LogP contribution in [0, 0.1) is 5.82 Å². The molecule has 1 saturated heterocycles. The highest BCUT2D eigenvalue weighted by atomic mass is 19.1. The van der Waals surface area contributed by atoms with Crippen LogP contribution in [0.15, 0.2) is 24.3 Å². The Kier molecular flexibility index (Phi) is 5.95. The Bertz CT molecular complexity index is 413. The first-order chi connectivity index (χ1) is 9.69. The number of ether oxygens (including phenoxy) is 1. The van der Waals surface area contributed by atoms with Crippen molar-refractivity contribution in [2.24, 2.45) is 0 Å². The van der Waals surface area contributed by atoms with Gasteiger partial charge in [0.2, 0.25) is 0 Å². The third-order valence-electron chi connectivity index (χ3n) is 3.82. The molecule has 0 bridgehead atoms. The summed E-state index contributed by atoms with van der Waals surface area (Å²) in [5.41, 5.74) is 1.03. The van der Waals surface area contributed by atoms with E-state index in [2.05, 4.69) is 4.90 Å². The van der Waals surface area contributed by atoms with E-state index in [0.717, 1.165) is 31.4 Å². The molecule has 2 unspecified atom stereocenters. The van der Waals surface area contributed by atoms with Gasteiger partial charge in [0.15, 0.2) is 0 Å². The normalized spacial score (nSPS) is 21.2. The average molecular weight is 281 g/mol. The lowest BCUT2D eigenvalue weighted by atomic mass is 10.0. The molecule has 0 spiro atoms. The van der Waals surface area contributed by atoms with Gasteiger partial charge in [-0.1, -0.05) is 12.1 Å². The number of likely N-dealkylation sites (tertiary alicyclic amines) is 1. The topological polar surface area (TPSA) is 32.7 Å². The molecule has 112 valence electrons. The van der Waals surface area contributed by atoms with Crippen molar-refractivity contribution in [1.82, 2.24) is 4.90 Å². The number of rotatable bonds is 7. The molecule has 1 aliphatic heterocycles. The second-order valence-corrected chi connectivity index (χ2v) is 5.44. The third kappa shape index (κ3) is 4.54. The molecule has 4 heteroatoms. The van der Waals surface area contributed by atoms with Crippen LogP contribution in [-0.4, -0.2) is 48.5 Å². The fraction of sp³-hybridized carbons (Fsp3) is 0.625. The zero-order chi connectivity index (χ0) is 14.4. The monoisotopic (exact) mass is 281 g/mol. The Morgan fingerprint density at radius 2 is 2.35 bits per heavy atom. The van der Waals surface area contributed by atoms with Crippen molar-refractivity contribution in [3.05, 3.63) is 35.6 Å². The van der Waals surface area contributed by atoms with Crippen LogP contribution >= 0.6 is 0 Å². The van der Waals surface area contributed by atoms with E-state index >= 15 is 0 Å². The Morgan fingerprint density at radius 1 is 1.50 bits per heavy atom. The molecule has 3 nitrogen and oxygen atoms in total. The lowest BCUT2D eigenvalue weighted by molar-refractivity contribution is 0.0188. The Morgan fingerprint density at radius 3 is 3.10 bits per heavy atom. The second kappa shape index (κ2) is 7.72. The van der Waals surface area contributed by atoms with Crippen LogP contribution in [0.3, 0.4) is 0 Å². The van der Waals surface area contributed by atoms with Crippen LogP contribution in [0.5, 0.6) is 0 Å². The molecule has 1 N–H and O–H groups in total. The van der Waals surface area contributed by atoms with Crippen LogP contribution in [0.4, 0.5) is 4.39 Å². The van der Waals surface area contributed by atoms with Gasteiger partial charge in [0, 0.05) is 19.2 Å². The van der Waals surface area contributed by atoms with Crippen LogP contribution in [-0.2, 0) is 11.2 Å². The average Bonchev–Trinajstić information content (AvgIpc) is 2.83. The summed E-state index contributed by atoms with van der Waals surface area (Å²) in [6, 6.07) is 7.20. The molecule has 2 atom stereocenters. The molecule has 0 aliphatic carbocycles. The molecular weight excluding hydrogens is 257 g/mol. The number of hydrogen-bond donors (Lipinski definition) is 1. The number of halogens is 1. The first kappa shape index (κ1) is 15.4. The summed E-state index contributed by atoms with van der Waals surface area (Å²) in [7, 11) is 0. The van der Waals surface area contributed by atoms with Gasteiger partial charge in [-0.25, -0.2) is 4.39 Å². The van der Waals surface area contributed by atoms with Crippen LogP contribution in [0.25, 0.3) is 0 Å². The molecule has 0 radical (unpaired) electrons. The molecule has 1 aliphatic rings. The van der Waals surface area contributed by atoms with E-state index in [0.29, 0.717) is 25.8 Å². The van der Waals surface area contributed by atoms with Crippen LogP contribution < -0.4 is 0 Å². The van der Waals surface area contributed by atoms with Gasteiger partial charge in [0.1, 0.15) is 5.82 Å².